The van der Waals surface area contributed by atoms with Crippen LogP contribution in [0.4, 0.5) is 0 Å². The van der Waals surface area contributed by atoms with Crippen molar-refractivity contribution in [1.82, 2.24) is 0 Å². The summed E-state index contributed by atoms with van der Waals surface area (Å²) < 4.78 is 10.5. The van der Waals surface area contributed by atoms with E-state index in [-0.39, 0.29) is 34.0 Å². The lowest BCUT2D eigenvalue weighted by Gasteiger charge is -2.22. The van der Waals surface area contributed by atoms with Crippen molar-refractivity contribution in [2.75, 3.05) is 7.11 Å². The minimum absolute atomic E-state index is 0.102. The van der Waals surface area contributed by atoms with Gasteiger partial charge in [0.15, 0.2) is 5.78 Å². The maximum Gasteiger partial charge on any atom is 0.308 e. The van der Waals surface area contributed by atoms with Crippen molar-refractivity contribution in [2.24, 2.45) is 0 Å². The number of ketones is 2. The van der Waals surface area contributed by atoms with Gasteiger partial charge in [0.2, 0.25) is 5.78 Å². The van der Waals surface area contributed by atoms with Crippen LogP contribution < -0.4 is 9.47 Å². The molecule has 2 aromatic carbocycles. The second-order valence-corrected chi connectivity index (χ2v) is 5.78. The smallest absolute Gasteiger partial charge is 0.308 e. The molecule has 2 aromatic rings. The quantitative estimate of drug-likeness (QED) is 0.535. The first-order valence-corrected chi connectivity index (χ1v) is 7.45. The van der Waals surface area contributed by atoms with Gasteiger partial charge in [0.05, 0.1) is 18.2 Å². The van der Waals surface area contributed by atoms with Gasteiger partial charge in [0.1, 0.15) is 11.5 Å². The Kier molecular flexibility index (Phi) is 3.72. The summed E-state index contributed by atoms with van der Waals surface area (Å²) in [6.45, 7) is 4.83. The van der Waals surface area contributed by atoms with Gasteiger partial charge in [0.25, 0.3) is 0 Å². The first-order valence-electron chi connectivity index (χ1n) is 7.45. The van der Waals surface area contributed by atoms with Gasteiger partial charge in [0, 0.05) is 18.1 Å². The van der Waals surface area contributed by atoms with Crippen LogP contribution in [0, 0.1) is 13.8 Å². The summed E-state index contributed by atoms with van der Waals surface area (Å²) in [5.41, 5.74) is 2.35. The minimum Gasteiger partial charge on any atom is -0.496 e. The molecule has 0 amide bonds. The van der Waals surface area contributed by atoms with E-state index in [0.29, 0.717) is 11.3 Å². The van der Waals surface area contributed by atoms with Gasteiger partial charge in [-0.25, -0.2) is 0 Å². The van der Waals surface area contributed by atoms with E-state index in [9.17, 15) is 14.4 Å². The number of carbonyl (C=O) groups excluding carboxylic acids is 3. The number of hydrogen-bond acceptors (Lipinski definition) is 5. The van der Waals surface area contributed by atoms with Crippen molar-refractivity contribution in [1.29, 1.82) is 0 Å². The second kappa shape index (κ2) is 5.60. The number of ether oxygens (including phenoxy) is 2. The molecule has 5 heteroatoms. The predicted molar refractivity (Wildman–Crippen MR) is 87.1 cm³/mol. The maximum atomic E-state index is 13.1. The number of esters is 1. The van der Waals surface area contributed by atoms with Crippen LogP contribution in [0.5, 0.6) is 11.5 Å². The third-order valence-corrected chi connectivity index (χ3v) is 4.00. The molecular weight excluding hydrogens is 308 g/mol. The molecule has 0 bridgehead atoms. The lowest BCUT2D eigenvalue weighted by Crippen LogP contribution is -2.24. The third-order valence-electron chi connectivity index (χ3n) is 4.00. The zero-order valence-electron chi connectivity index (χ0n) is 13.9. The molecule has 0 aromatic heterocycles. The molecule has 0 fully saturated rings. The van der Waals surface area contributed by atoms with E-state index in [0.717, 1.165) is 11.1 Å². The van der Waals surface area contributed by atoms with Crippen LogP contribution in [0.25, 0.3) is 0 Å². The van der Waals surface area contributed by atoms with Crippen molar-refractivity contribution in [2.45, 2.75) is 20.8 Å². The van der Waals surface area contributed by atoms with Gasteiger partial charge in [-0.1, -0.05) is 6.07 Å². The molecule has 0 saturated carbocycles. The van der Waals surface area contributed by atoms with Crippen LogP contribution >= 0.6 is 0 Å². The summed E-state index contributed by atoms with van der Waals surface area (Å²) in [4.78, 5) is 37.3. The molecule has 0 unspecified atom stereocenters. The number of aryl methyl sites for hydroxylation is 2. The highest BCUT2D eigenvalue weighted by molar-refractivity contribution is 6.30. The summed E-state index contributed by atoms with van der Waals surface area (Å²) in [5.74, 6) is -0.743. The second-order valence-electron chi connectivity index (χ2n) is 5.78. The Labute approximate surface area is 139 Å². The molecule has 24 heavy (non-hydrogen) atoms. The average Bonchev–Trinajstić information content (AvgIpc) is 2.51. The normalized spacial score (nSPS) is 12.5. The van der Waals surface area contributed by atoms with Gasteiger partial charge in [-0.3, -0.25) is 14.4 Å². The van der Waals surface area contributed by atoms with Gasteiger partial charge in [-0.15, -0.1) is 0 Å². The van der Waals surface area contributed by atoms with Crippen molar-refractivity contribution in [3.05, 3.63) is 57.6 Å². The van der Waals surface area contributed by atoms with Crippen LogP contribution in [0.3, 0.4) is 0 Å². The Morgan fingerprint density at radius 3 is 2.29 bits per heavy atom. The van der Waals surface area contributed by atoms with Crippen molar-refractivity contribution in [3.8, 4) is 11.5 Å². The SMILES string of the molecule is COc1c(C)ccc2c1C(=O)c1c(OC(C)=O)cc(C)cc1C2=O. The fourth-order valence-corrected chi connectivity index (χ4v) is 3.04. The fraction of sp³-hybridized carbons (Fsp3) is 0.211. The number of benzene rings is 2. The number of carbonyl (C=O) groups is 3. The molecule has 1 aliphatic rings. The zero-order chi connectivity index (χ0) is 17.6. The van der Waals surface area contributed by atoms with Gasteiger partial charge in [-0.05, 0) is 43.2 Å². The lowest BCUT2D eigenvalue weighted by atomic mass is 9.81. The molecule has 0 atom stereocenters. The Hall–Kier alpha value is -2.95. The Morgan fingerprint density at radius 1 is 0.958 bits per heavy atom. The molecular formula is C19H16O5. The summed E-state index contributed by atoms with van der Waals surface area (Å²) in [6.07, 6.45) is 0. The number of methoxy groups -OCH3 is 1. The predicted octanol–water partition coefficient (Wildman–Crippen LogP) is 3.01. The number of hydrogen-bond donors (Lipinski definition) is 0. The molecule has 1 aliphatic carbocycles. The summed E-state index contributed by atoms with van der Waals surface area (Å²) in [7, 11) is 1.46. The van der Waals surface area contributed by atoms with Crippen molar-refractivity contribution < 1.29 is 23.9 Å². The third kappa shape index (κ3) is 2.29. The van der Waals surface area contributed by atoms with E-state index < -0.39 is 5.97 Å². The maximum absolute atomic E-state index is 13.1. The molecule has 5 nitrogen and oxygen atoms in total. The highest BCUT2D eigenvalue weighted by Crippen LogP contribution is 2.39. The topological polar surface area (TPSA) is 69.7 Å². The molecule has 3 rings (SSSR count). The molecule has 0 heterocycles. The highest BCUT2D eigenvalue weighted by atomic mass is 16.5. The molecule has 0 aliphatic heterocycles. The van der Waals surface area contributed by atoms with E-state index in [1.807, 2.05) is 0 Å². The molecule has 0 radical (unpaired) electrons. The summed E-state index contributed by atoms with van der Waals surface area (Å²) >= 11 is 0. The molecule has 0 saturated heterocycles. The molecule has 0 N–H and O–H groups in total. The number of rotatable bonds is 2. The molecule has 122 valence electrons. The number of fused-ring (bicyclic) bond motifs is 2. The van der Waals surface area contributed by atoms with Crippen molar-refractivity contribution in [3.63, 3.8) is 0 Å². The average molecular weight is 324 g/mol. The van der Waals surface area contributed by atoms with Gasteiger partial charge >= 0.3 is 5.97 Å². The summed E-state index contributed by atoms with van der Waals surface area (Å²) in [6, 6.07) is 6.59. The highest BCUT2D eigenvalue weighted by Gasteiger charge is 2.36. The first-order chi connectivity index (χ1) is 11.3. The van der Waals surface area contributed by atoms with E-state index in [2.05, 4.69) is 0 Å². The van der Waals surface area contributed by atoms with Gasteiger partial charge in [-0.2, -0.15) is 0 Å². The monoisotopic (exact) mass is 324 g/mol. The van der Waals surface area contributed by atoms with Crippen LogP contribution in [-0.4, -0.2) is 24.6 Å². The standard InChI is InChI=1S/C19H16O5/c1-9-7-13-15(14(8-9)24-11(3)20)18(22)16-12(17(13)21)6-5-10(2)19(16)23-4/h5-8H,1-4H3. The largest absolute Gasteiger partial charge is 0.496 e. The zero-order valence-corrected chi connectivity index (χ0v) is 13.9. The molecule has 0 spiro atoms. The van der Waals surface area contributed by atoms with E-state index in [4.69, 9.17) is 9.47 Å². The summed E-state index contributed by atoms with van der Waals surface area (Å²) in [5, 5.41) is 0. The van der Waals surface area contributed by atoms with Gasteiger partial charge < -0.3 is 9.47 Å². The van der Waals surface area contributed by atoms with Crippen molar-refractivity contribution >= 4 is 17.5 Å². The van der Waals surface area contributed by atoms with E-state index in [1.165, 1.54) is 14.0 Å². The Morgan fingerprint density at radius 2 is 1.67 bits per heavy atom. The lowest BCUT2D eigenvalue weighted by molar-refractivity contribution is -0.131. The van der Waals surface area contributed by atoms with Crippen LogP contribution in [0.1, 0.15) is 49.9 Å². The van der Waals surface area contributed by atoms with Crippen LogP contribution in [0.15, 0.2) is 24.3 Å². The van der Waals surface area contributed by atoms with E-state index >= 15 is 0 Å². The van der Waals surface area contributed by atoms with Crippen LogP contribution in [0.2, 0.25) is 0 Å². The fourth-order valence-electron chi connectivity index (χ4n) is 3.04. The Balaban J connectivity index is 2.34. The Bertz CT molecular complexity index is 908. The van der Waals surface area contributed by atoms with Crippen LogP contribution in [-0.2, 0) is 4.79 Å². The first kappa shape index (κ1) is 15.9. The van der Waals surface area contributed by atoms with E-state index in [1.54, 1.807) is 38.1 Å². The minimum atomic E-state index is -0.551.